The Kier molecular flexibility index (Phi) is 4.50. The van der Waals surface area contributed by atoms with E-state index >= 15 is 0 Å². The number of nitrogens with one attached hydrogen (secondary N) is 1. The van der Waals surface area contributed by atoms with Crippen molar-refractivity contribution in [1.29, 1.82) is 0 Å². The molecule has 25 heavy (non-hydrogen) atoms. The summed E-state index contributed by atoms with van der Waals surface area (Å²) in [5.74, 6) is 1.33. The third-order valence-corrected chi connectivity index (χ3v) is 5.69. The largest absolute Gasteiger partial charge is 0.360 e. The number of nitrogens with zero attached hydrogens (tertiary/aromatic N) is 2. The predicted molar refractivity (Wildman–Crippen MR) is 90.9 cm³/mol. The van der Waals surface area contributed by atoms with E-state index in [1.165, 1.54) is 0 Å². The molecule has 7 nitrogen and oxygen atoms in total. The first-order chi connectivity index (χ1) is 12.2. The van der Waals surface area contributed by atoms with Gasteiger partial charge in [0.2, 0.25) is 5.91 Å². The number of carbonyl (C=O) groups is 2. The van der Waals surface area contributed by atoms with Crippen molar-refractivity contribution in [2.75, 3.05) is 6.54 Å². The van der Waals surface area contributed by atoms with Crippen LogP contribution in [-0.2, 0) is 4.79 Å². The summed E-state index contributed by atoms with van der Waals surface area (Å²) in [4.78, 5) is 26.9. The maximum atomic E-state index is 12.4. The third-order valence-electron chi connectivity index (χ3n) is 5.69. The fourth-order valence-corrected chi connectivity index (χ4v) is 4.30. The fraction of sp³-hybridized carbons (Fsp3) is 0.722. The molecule has 1 aromatic heterocycles. The zero-order valence-electron chi connectivity index (χ0n) is 14.4. The molecule has 4 rings (SSSR count). The Morgan fingerprint density at radius 1 is 1.24 bits per heavy atom. The minimum atomic E-state index is -0.164. The maximum absolute atomic E-state index is 12.4. The number of hydrogen-bond acceptors (Lipinski definition) is 5. The van der Waals surface area contributed by atoms with E-state index in [0.717, 1.165) is 50.7 Å². The van der Waals surface area contributed by atoms with Gasteiger partial charge in [-0.15, -0.1) is 0 Å². The van der Waals surface area contributed by atoms with Crippen LogP contribution in [0.5, 0.6) is 0 Å². The maximum Gasteiger partial charge on any atom is 0.273 e. The van der Waals surface area contributed by atoms with E-state index in [1.54, 1.807) is 6.07 Å². The molecular weight excluding hydrogens is 320 g/mol. The first-order valence-electron chi connectivity index (χ1n) is 9.44. The van der Waals surface area contributed by atoms with Crippen LogP contribution < -0.4 is 11.1 Å². The van der Waals surface area contributed by atoms with Gasteiger partial charge in [0.1, 0.15) is 5.76 Å². The number of carbonyl (C=O) groups excluding carboxylic acids is 2. The molecule has 2 aliphatic heterocycles. The van der Waals surface area contributed by atoms with Gasteiger partial charge in [-0.1, -0.05) is 5.16 Å². The number of rotatable bonds is 6. The van der Waals surface area contributed by atoms with Gasteiger partial charge in [0.05, 0.1) is 0 Å². The van der Waals surface area contributed by atoms with E-state index in [1.807, 2.05) is 0 Å². The molecule has 1 aromatic rings. The van der Waals surface area contributed by atoms with E-state index in [4.69, 9.17) is 10.3 Å². The summed E-state index contributed by atoms with van der Waals surface area (Å²) in [6.07, 6.45) is 7.22. The van der Waals surface area contributed by atoms with Crippen LogP contribution in [0.25, 0.3) is 0 Å². The molecule has 2 unspecified atom stereocenters. The highest BCUT2D eigenvalue weighted by atomic mass is 16.5. The SMILES string of the molecule is NCCCC(=O)N1C2CCC1CC(NC(=O)c1cc(C3CC3)on1)C2. The molecule has 3 N–H and O–H groups in total. The Hall–Kier alpha value is -1.89. The lowest BCUT2D eigenvalue weighted by Gasteiger charge is -2.39. The Balaban J connectivity index is 1.34. The minimum Gasteiger partial charge on any atom is -0.360 e. The molecule has 3 fully saturated rings. The second kappa shape index (κ2) is 6.78. The molecule has 0 spiro atoms. The Morgan fingerprint density at radius 2 is 1.96 bits per heavy atom. The fourth-order valence-electron chi connectivity index (χ4n) is 4.30. The van der Waals surface area contributed by atoms with Crippen LogP contribution in [0.4, 0.5) is 0 Å². The average Bonchev–Trinajstić information content (AvgIpc) is 3.26. The molecule has 136 valence electrons. The van der Waals surface area contributed by atoms with Gasteiger partial charge in [0.25, 0.3) is 5.91 Å². The standard InChI is InChI=1S/C18H26N4O3/c19-7-1-2-17(23)22-13-5-6-14(22)9-12(8-13)20-18(24)15-10-16(25-21-15)11-3-4-11/h10-14H,1-9,19H2,(H,20,24). The van der Waals surface area contributed by atoms with Crippen molar-refractivity contribution >= 4 is 11.8 Å². The monoisotopic (exact) mass is 346 g/mol. The Morgan fingerprint density at radius 3 is 2.60 bits per heavy atom. The van der Waals surface area contributed by atoms with Gasteiger partial charge in [-0.3, -0.25) is 9.59 Å². The number of amides is 2. The van der Waals surface area contributed by atoms with Crippen molar-refractivity contribution in [3.8, 4) is 0 Å². The smallest absolute Gasteiger partial charge is 0.273 e. The van der Waals surface area contributed by atoms with Gasteiger partial charge in [0, 0.05) is 36.5 Å². The van der Waals surface area contributed by atoms with Crippen molar-refractivity contribution in [1.82, 2.24) is 15.4 Å². The normalized spacial score (nSPS) is 28.2. The first-order valence-corrected chi connectivity index (χ1v) is 9.44. The van der Waals surface area contributed by atoms with Crippen LogP contribution in [0.2, 0.25) is 0 Å². The lowest BCUT2D eigenvalue weighted by molar-refractivity contribution is -0.135. The summed E-state index contributed by atoms with van der Waals surface area (Å²) in [6, 6.07) is 2.36. The molecule has 2 amide bonds. The third kappa shape index (κ3) is 3.42. The zero-order valence-corrected chi connectivity index (χ0v) is 14.4. The van der Waals surface area contributed by atoms with Gasteiger partial charge in [-0.05, 0) is 51.5 Å². The van der Waals surface area contributed by atoms with Crippen LogP contribution in [-0.4, -0.2) is 46.5 Å². The average molecular weight is 346 g/mol. The lowest BCUT2D eigenvalue weighted by Crippen LogP contribution is -2.52. The quantitative estimate of drug-likeness (QED) is 0.813. The van der Waals surface area contributed by atoms with Crippen molar-refractivity contribution in [2.45, 2.75) is 75.4 Å². The molecule has 1 aliphatic carbocycles. The molecule has 3 heterocycles. The molecule has 2 saturated heterocycles. The summed E-state index contributed by atoms with van der Waals surface area (Å²) in [5, 5.41) is 7.00. The summed E-state index contributed by atoms with van der Waals surface area (Å²) in [5.41, 5.74) is 5.89. The van der Waals surface area contributed by atoms with Crippen LogP contribution in [0.3, 0.4) is 0 Å². The van der Waals surface area contributed by atoms with E-state index in [2.05, 4.69) is 15.4 Å². The number of hydrogen-bond donors (Lipinski definition) is 2. The molecule has 3 aliphatic rings. The Bertz CT molecular complexity index is 641. The molecular formula is C18H26N4O3. The van der Waals surface area contributed by atoms with E-state index in [-0.39, 0.29) is 29.9 Å². The highest BCUT2D eigenvalue weighted by Gasteiger charge is 2.43. The number of aromatic nitrogens is 1. The van der Waals surface area contributed by atoms with Crippen molar-refractivity contribution in [3.63, 3.8) is 0 Å². The first kappa shape index (κ1) is 16.6. The van der Waals surface area contributed by atoms with Crippen LogP contribution in [0, 0.1) is 0 Å². The lowest BCUT2D eigenvalue weighted by atomic mass is 9.96. The van der Waals surface area contributed by atoms with E-state index < -0.39 is 0 Å². The minimum absolute atomic E-state index is 0.102. The highest BCUT2D eigenvalue weighted by molar-refractivity contribution is 5.92. The van der Waals surface area contributed by atoms with Crippen molar-refractivity contribution < 1.29 is 14.1 Å². The molecule has 2 bridgehead atoms. The van der Waals surface area contributed by atoms with Crippen LogP contribution in [0.1, 0.15) is 73.5 Å². The summed E-state index contributed by atoms with van der Waals surface area (Å²) >= 11 is 0. The second-order valence-electron chi connectivity index (χ2n) is 7.61. The van der Waals surface area contributed by atoms with Crippen molar-refractivity contribution in [3.05, 3.63) is 17.5 Å². The molecule has 7 heteroatoms. The van der Waals surface area contributed by atoms with Crippen LogP contribution in [0.15, 0.2) is 10.6 Å². The molecule has 1 saturated carbocycles. The topological polar surface area (TPSA) is 101 Å². The summed E-state index contributed by atoms with van der Waals surface area (Å²) in [7, 11) is 0. The van der Waals surface area contributed by atoms with Gasteiger partial charge in [0.15, 0.2) is 5.69 Å². The van der Waals surface area contributed by atoms with Gasteiger partial charge in [-0.2, -0.15) is 0 Å². The number of nitrogens with two attached hydrogens (primary N) is 1. The van der Waals surface area contributed by atoms with Crippen LogP contribution >= 0.6 is 0 Å². The highest BCUT2D eigenvalue weighted by Crippen LogP contribution is 2.40. The second-order valence-corrected chi connectivity index (χ2v) is 7.61. The molecule has 2 atom stereocenters. The summed E-state index contributed by atoms with van der Waals surface area (Å²) < 4.78 is 5.27. The predicted octanol–water partition coefficient (Wildman–Crippen LogP) is 1.54. The zero-order chi connectivity index (χ0) is 17.4. The van der Waals surface area contributed by atoms with Crippen molar-refractivity contribution in [2.24, 2.45) is 5.73 Å². The molecule has 0 radical (unpaired) electrons. The van der Waals surface area contributed by atoms with Gasteiger partial charge < -0.3 is 20.5 Å². The number of fused-ring (bicyclic) bond motifs is 2. The Labute approximate surface area is 147 Å². The number of piperidine rings is 1. The van der Waals surface area contributed by atoms with E-state index in [0.29, 0.717) is 24.6 Å². The summed E-state index contributed by atoms with van der Waals surface area (Å²) in [6.45, 7) is 0.550. The molecule has 0 aromatic carbocycles. The van der Waals surface area contributed by atoms with E-state index in [9.17, 15) is 9.59 Å². The van der Waals surface area contributed by atoms with Gasteiger partial charge in [-0.25, -0.2) is 0 Å². The van der Waals surface area contributed by atoms with Gasteiger partial charge >= 0.3 is 0 Å².